The van der Waals surface area contributed by atoms with Gasteiger partial charge < -0.3 is 9.73 Å². The highest BCUT2D eigenvalue weighted by atomic mass is 32.1. The summed E-state index contributed by atoms with van der Waals surface area (Å²) in [6.07, 6.45) is 0. The van der Waals surface area contributed by atoms with Crippen molar-refractivity contribution in [2.24, 2.45) is 0 Å². The van der Waals surface area contributed by atoms with Gasteiger partial charge in [-0.3, -0.25) is 9.69 Å². The van der Waals surface area contributed by atoms with Crippen LogP contribution in [0, 0.1) is 5.82 Å². The van der Waals surface area contributed by atoms with Crippen LogP contribution in [-0.2, 0) is 0 Å². The average molecular weight is 360 g/mol. The van der Waals surface area contributed by atoms with Crippen LogP contribution in [-0.4, -0.2) is 18.9 Å². The van der Waals surface area contributed by atoms with Crippen molar-refractivity contribution >= 4 is 44.1 Å². The van der Waals surface area contributed by atoms with Gasteiger partial charge in [0.1, 0.15) is 16.4 Å². The molecule has 0 fully saturated rings. The first kappa shape index (κ1) is 16.8. The Morgan fingerprint density at radius 3 is 2.64 bits per heavy atom. The number of ketones is 1. The largest absolute Gasteiger partial charge is 0.421 e. The molecule has 128 valence electrons. The summed E-state index contributed by atoms with van der Waals surface area (Å²) >= 11 is 1.18. The fourth-order valence-electron chi connectivity index (χ4n) is 2.17. The van der Waals surface area contributed by atoms with E-state index in [4.69, 9.17) is 4.42 Å². The molecule has 0 atom stereocenters. The van der Waals surface area contributed by atoms with Crippen molar-refractivity contribution in [3.8, 4) is 0 Å². The maximum absolute atomic E-state index is 13.6. The number of urea groups is 1. The predicted molar refractivity (Wildman–Crippen MR) is 94.2 cm³/mol. The number of halogens is 1. The first-order valence-electron chi connectivity index (χ1n) is 7.24. The smallest absolute Gasteiger partial charge is 0.347 e. The van der Waals surface area contributed by atoms with E-state index in [-0.39, 0.29) is 16.8 Å². The molecule has 1 aromatic carbocycles. The lowest BCUT2D eigenvalue weighted by Gasteiger charge is -2.16. The van der Waals surface area contributed by atoms with Crippen LogP contribution in [0.5, 0.6) is 0 Å². The number of thiophene rings is 1. The number of benzene rings is 1. The quantitative estimate of drug-likeness (QED) is 0.719. The molecule has 25 heavy (non-hydrogen) atoms. The van der Waals surface area contributed by atoms with E-state index in [2.05, 4.69) is 5.32 Å². The summed E-state index contributed by atoms with van der Waals surface area (Å²) in [7, 11) is 1.50. The monoisotopic (exact) mass is 360 g/mol. The van der Waals surface area contributed by atoms with E-state index in [1.54, 1.807) is 6.07 Å². The highest BCUT2D eigenvalue weighted by Crippen LogP contribution is 2.32. The van der Waals surface area contributed by atoms with Crippen molar-refractivity contribution in [1.82, 2.24) is 0 Å². The minimum atomic E-state index is -0.720. The van der Waals surface area contributed by atoms with E-state index in [0.717, 1.165) is 0 Å². The molecule has 2 amide bonds. The van der Waals surface area contributed by atoms with Gasteiger partial charge in [-0.1, -0.05) is 12.1 Å². The lowest BCUT2D eigenvalue weighted by molar-refractivity contribution is 0.101. The highest BCUT2D eigenvalue weighted by molar-refractivity contribution is 7.22. The molecule has 0 spiro atoms. The number of para-hydroxylation sites is 1. The summed E-state index contributed by atoms with van der Waals surface area (Å²) in [6, 6.07) is 8.24. The summed E-state index contributed by atoms with van der Waals surface area (Å²) < 4.78 is 19.3. The van der Waals surface area contributed by atoms with Crippen LogP contribution >= 0.6 is 11.3 Å². The number of carbonyl (C=O) groups excluding carboxylic acids is 2. The molecular weight excluding hydrogens is 347 g/mol. The molecule has 3 rings (SSSR count). The maximum Gasteiger partial charge on any atom is 0.347 e. The first-order chi connectivity index (χ1) is 11.9. The van der Waals surface area contributed by atoms with Gasteiger partial charge in [-0.05, 0) is 25.1 Å². The molecular formula is C17H13FN2O4S. The Morgan fingerprint density at radius 2 is 1.96 bits per heavy atom. The number of fused-ring (bicyclic) bond motifs is 1. The first-order valence-corrected chi connectivity index (χ1v) is 8.06. The van der Waals surface area contributed by atoms with Crippen molar-refractivity contribution in [1.29, 1.82) is 0 Å². The van der Waals surface area contributed by atoms with Crippen molar-refractivity contribution < 1.29 is 18.4 Å². The summed E-state index contributed by atoms with van der Waals surface area (Å²) in [6.45, 7) is 1.28. The number of carbonyl (C=O) groups is 2. The minimum absolute atomic E-state index is 0.0423. The number of Topliss-reactive ketones (excluding diaryl/α,β-unsaturated/α-hetero) is 1. The van der Waals surface area contributed by atoms with Crippen LogP contribution in [0.15, 0.2) is 45.6 Å². The maximum atomic E-state index is 13.6. The van der Waals surface area contributed by atoms with Crippen LogP contribution in [0.25, 0.3) is 10.3 Å². The van der Waals surface area contributed by atoms with Crippen molar-refractivity contribution in [3.63, 3.8) is 0 Å². The number of nitrogens with zero attached hydrogens (tertiary/aromatic N) is 1. The van der Waals surface area contributed by atoms with E-state index in [9.17, 15) is 18.8 Å². The summed E-state index contributed by atoms with van der Waals surface area (Å²) in [5.41, 5.74) is -0.423. The van der Waals surface area contributed by atoms with Gasteiger partial charge in [0, 0.05) is 13.1 Å². The second-order valence-corrected chi connectivity index (χ2v) is 6.35. The molecule has 0 bridgehead atoms. The van der Waals surface area contributed by atoms with Gasteiger partial charge in [-0.15, -0.1) is 11.3 Å². The third-order valence-corrected chi connectivity index (χ3v) is 4.68. The van der Waals surface area contributed by atoms with E-state index in [1.807, 2.05) is 0 Å². The molecule has 3 aromatic rings. The highest BCUT2D eigenvalue weighted by Gasteiger charge is 2.18. The van der Waals surface area contributed by atoms with Crippen LogP contribution in [0.2, 0.25) is 0 Å². The molecule has 0 unspecified atom stereocenters. The third kappa shape index (κ3) is 3.29. The molecule has 6 nitrogen and oxygen atoms in total. The van der Waals surface area contributed by atoms with E-state index in [1.165, 1.54) is 60.5 Å². The number of hydrogen-bond donors (Lipinski definition) is 1. The lowest BCUT2D eigenvalue weighted by Crippen LogP contribution is -2.30. The number of nitrogens with one attached hydrogen (secondary N) is 1. The summed E-state index contributed by atoms with van der Waals surface area (Å²) in [5, 5.41) is 2.95. The molecule has 0 saturated heterocycles. The molecule has 0 radical (unpaired) electrons. The van der Waals surface area contributed by atoms with Gasteiger partial charge >= 0.3 is 11.7 Å². The van der Waals surface area contributed by atoms with Crippen LogP contribution < -0.4 is 15.8 Å². The molecule has 0 saturated carbocycles. The minimum Gasteiger partial charge on any atom is -0.421 e. The van der Waals surface area contributed by atoms with Gasteiger partial charge in [-0.25, -0.2) is 14.0 Å². The third-order valence-electron chi connectivity index (χ3n) is 3.54. The van der Waals surface area contributed by atoms with Crippen LogP contribution in [0.3, 0.4) is 0 Å². The zero-order valence-electron chi connectivity index (χ0n) is 13.3. The fourth-order valence-corrected chi connectivity index (χ4v) is 3.16. The Labute approximate surface area is 145 Å². The van der Waals surface area contributed by atoms with Crippen LogP contribution in [0.4, 0.5) is 19.9 Å². The summed E-state index contributed by atoms with van der Waals surface area (Å²) in [4.78, 5) is 36.7. The second-order valence-electron chi connectivity index (χ2n) is 5.29. The number of amides is 2. The lowest BCUT2D eigenvalue weighted by atomic mass is 10.2. The molecule has 2 heterocycles. The van der Waals surface area contributed by atoms with Crippen molar-refractivity contribution in [3.05, 3.63) is 58.2 Å². The standard InChI is InChI=1S/C17H13FN2O4S/c1-9(21)10-7-14-13(24-16(10)22)8-15(25-14)20(2)17(23)19-12-6-4-3-5-11(12)18/h3-8H,1-2H3,(H,19,23). The second kappa shape index (κ2) is 6.48. The normalized spacial score (nSPS) is 10.7. The Hall–Kier alpha value is -3.00. The van der Waals surface area contributed by atoms with Gasteiger partial charge in [0.2, 0.25) is 0 Å². The molecule has 0 aliphatic heterocycles. The Bertz CT molecular complexity index is 1040. The number of rotatable bonds is 3. The van der Waals surface area contributed by atoms with E-state index < -0.39 is 23.3 Å². The number of anilines is 2. The molecule has 2 aromatic heterocycles. The number of hydrogen-bond acceptors (Lipinski definition) is 5. The van der Waals surface area contributed by atoms with Crippen LogP contribution in [0.1, 0.15) is 17.3 Å². The summed E-state index contributed by atoms with van der Waals surface area (Å²) in [5.74, 6) is -0.936. The Morgan fingerprint density at radius 1 is 1.24 bits per heavy atom. The average Bonchev–Trinajstić information content (AvgIpc) is 2.97. The SMILES string of the molecule is CC(=O)c1cc2sc(N(C)C(=O)Nc3ccccc3F)cc2oc1=O. The predicted octanol–water partition coefficient (Wildman–Crippen LogP) is 3.86. The van der Waals surface area contributed by atoms with E-state index >= 15 is 0 Å². The van der Waals surface area contributed by atoms with Gasteiger partial charge in [0.25, 0.3) is 0 Å². The Balaban J connectivity index is 1.90. The van der Waals surface area contributed by atoms with Gasteiger partial charge in [0.15, 0.2) is 11.4 Å². The Kier molecular flexibility index (Phi) is 4.37. The topological polar surface area (TPSA) is 79.6 Å². The van der Waals surface area contributed by atoms with Gasteiger partial charge in [0.05, 0.1) is 10.4 Å². The van der Waals surface area contributed by atoms with Crippen molar-refractivity contribution in [2.75, 3.05) is 17.3 Å². The molecule has 1 N–H and O–H groups in total. The molecule has 8 heteroatoms. The van der Waals surface area contributed by atoms with E-state index in [0.29, 0.717) is 9.70 Å². The molecule has 0 aliphatic rings. The molecule has 0 aliphatic carbocycles. The zero-order valence-corrected chi connectivity index (χ0v) is 14.1. The van der Waals surface area contributed by atoms with Crippen molar-refractivity contribution in [2.45, 2.75) is 6.92 Å². The zero-order chi connectivity index (χ0) is 18.1. The van der Waals surface area contributed by atoms with Gasteiger partial charge in [-0.2, -0.15) is 0 Å². The fraction of sp³-hybridized carbons (Fsp3) is 0.118.